The van der Waals surface area contributed by atoms with Crippen LogP contribution in [0, 0.1) is 5.82 Å². The quantitative estimate of drug-likeness (QED) is 0.689. The third-order valence-corrected chi connectivity index (χ3v) is 3.81. The zero-order chi connectivity index (χ0) is 16.6. The fourth-order valence-electron chi connectivity index (χ4n) is 2.40. The van der Waals surface area contributed by atoms with E-state index in [1.54, 1.807) is 18.2 Å². The Morgan fingerprint density at radius 2 is 2.09 bits per heavy atom. The van der Waals surface area contributed by atoms with E-state index in [4.69, 9.17) is 16.3 Å². The minimum absolute atomic E-state index is 0.108. The number of carbonyl (C=O) groups is 2. The van der Waals surface area contributed by atoms with Crippen molar-refractivity contribution >= 4 is 34.6 Å². The van der Waals surface area contributed by atoms with Gasteiger partial charge in [0, 0.05) is 11.6 Å². The molecule has 1 aliphatic heterocycles. The molecule has 1 amide bonds. The molecule has 1 N–H and O–H groups in total. The molecule has 0 bridgehead atoms. The summed E-state index contributed by atoms with van der Waals surface area (Å²) in [5.41, 5.74) is 1.41. The molecular weight excluding hydrogens is 321 g/mol. The molecule has 0 spiro atoms. The molecule has 2 aromatic carbocycles. The van der Waals surface area contributed by atoms with E-state index < -0.39 is 17.5 Å². The van der Waals surface area contributed by atoms with Crippen LogP contribution in [0.15, 0.2) is 42.5 Å². The number of hydrogen-bond donors (Lipinski definition) is 1. The van der Waals surface area contributed by atoms with Crippen LogP contribution in [0.5, 0.6) is 5.75 Å². The van der Waals surface area contributed by atoms with Crippen molar-refractivity contribution in [2.45, 2.75) is 0 Å². The second-order valence-electron chi connectivity index (χ2n) is 4.88. The average molecular weight is 332 g/mol. The summed E-state index contributed by atoms with van der Waals surface area (Å²) in [7, 11) is 1.34. The summed E-state index contributed by atoms with van der Waals surface area (Å²) in [4.78, 5) is 24.5. The predicted octanol–water partition coefficient (Wildman–Crippen LogP) is 3.71. The van der Waals surface area contributed by atoms with E-state index in [1.165, 1.54) is 19.3 Å². The second-order valence-corrected chi connectivity index (χ2v) is 5.29. The van der Waals surface area contributed by atoms with Gasteiger partial charge in [0.25, 0.3) is 5.91 Å². The number of nitrogens with one attached hydrogen (secondary N) is 1. The van der Waals surface area contributed by atoms with Crippen molar-refractivity contribution in [2.24, 2.45) is 0 Å². The molecule has 116 valence electrons. The van der Waals surface area contributed by atoms with Crippen LogP contribution in [-0.4, -0.2) is 18.8 Å². The molecule has 23 heavy (non-hydrogen) atoms. The lowest BCUT2D eigenvalue weighted by Gasteiger charge is -2.06. The van der Waals surface area contributed by atoms with Gasteiger partial charge in [0.2, 0.25) is 0 Å². The zero-order valence-corrected chi connectivity index (χ0v) is 12.8. The minimum Gasteiger partial charge on any atom is -0.496 e. The first kappa shape index (κ1) is 15.2. The molecule has 3 rings (SSSR count). The maximum absolute atomic E-state index is 13.2. The van der Waals surface area contributed by atoms with Crippen LogP contribution in [0.2, 0.25) is 5.02 Å². The molecule has 0 radical (unpaired) electrons. The molecule has 4 nitrogen and oxygen atoms in total. The standard InChI is InChI=1S/C17H11ClFNO3/c1-23-15-7-9(19)5-6-11(15)14(21)8-12-10-3-2-4-13(18)16(10)20-17(12)22/h2-8H,1H3,(H,20,22). The largest absolute Gasteiger partial charge is 0.496 e. The van der Waals surface area contributed by atoms with Gasteiger partial charge in [0.1, 0.15) is 11.6 Å². The van der Waals surface area contributed by atoms with Gasteiger partial charge in [-0.3, -0.25) is 9.59 Å². The Kier molecular flexibility index (Phi) is 3.88. The van der Waals surface area contributed by atoms with E-state index in [-0.39, 0.29) is 16.9 Å². The molecule has 0 aliphatic carbocycles. The van der Waals surface area contributed by atoms with E-state index in [2.05, 4.69) is 5.32 Å². The van der Waals surface area contributed by atoms with Gasteiger partial charge in [-0.25, -0.2) is 4.39 Å². The monoisotopic (exact) mass is 331 g/mol. The van der Waals surface area contributed by atoms with E-state index in [1.807, 2.05) is 0 Å². The summed E-state index contributed by atoms with van der Waals surface area (Å²) in [6.07, 6.45) is 1.20. The molecule has 0 saturated heterocycles. The first-order valence-electron chi connectivity index (χ1n) is 6.71. The van der Waals surface area contributed by atoms with Crippen molar-refractivity contribution in [1.82, 2.24) is 0 Å². The molecule has 0 saturated carbocycles. The maximum atomic E-state index is 13.2. The Morgan fingerprint density at radius 3 is 2.83 bits per heavy atom. The van der Waals surface area contributed by atoms with Crippen molar-refractivity contribution in [3.63, 3.8) is 0 Å². The Balaban J connectivity index is 2.05. The molecule has 1 aliphatic rings. The number of anilines is 1. The highest BCUT2D eigenvalue weighted by molar-refractivity contribution is 6.41. The summed E-state index contributed by atoms with van der Waals surface area (Å²) < 4.78 is 18.2. The van der Waals surface area contributed by atoms with Crippen molar-refractivity contribution < 1.29 is 18.7 Å². The van der Waals surface area contributed by atoms with Crippen molar-refractivity contribution in [1.29, 1.82) is 0 Å². The fourth-order valence-corrected chi connectivity index (χ4v) is 2.62. The normalized spacial score (nSPS) is 14.6. The molecule has 0 fully saturated rings. The molecular formula is C17H11ClFNO3. The highest BCUT2D eigenvalue weighted by Gasteiger charge is 2.27. The highest BCUT2D eigenvalue weighted by Crippen LogP contribution is 2.37. The number of halogens is 2. The van der Waals surface area contributed by atoms with Gasteiger partial charge in [-0.2, -0.15) is 0 Å². The molecule has 0 unspecified atom stereocenters. The van der Waals surface area contributed by atoms with E-state index in [9.17, 15) is 14.0 Å². The fraction of sp³-hybridized carbons (Fsp3) is 0.0588. The van der Waals surface area contributed by atoms with Gasteiger partial charge in [0.05, 0.1) is 29.0 Å². The van der Waals surface area contributed by atoms with Gasteiger partial charge < -0.3 is 10.1 Å². The first-order chi connectivity index (χ1) is 11.0. The van der Waals surface area contributed by atoms with E-state index in [0.717, 1.165) is 12.1 Å². The average Bonchev–Trinajstić information content (AvgIpc) is 2.85. The topological polar surface area (TPSA) is 55.4 Å². The summed E-state index contributed by atoms with van der Waals surface area (Å²) >= 11 is 6.03. The minimum atomic E-state index is -0.512. The molecule has 2 aromatic rings. The Labute approximate surface area is 136 Å². The number of benzene rings is 2. The van der Waals surface area contributed by atoms with Crippen LogP contribution >= 0.6 is 11.6 Å². The molecule has 0 atom stereocenters. The van der Waals surface area contributed by atoms with Crippen molar-refractivity contribution in [2.75, 3.05) is 12.4 Å². The van der Waals surface area contributed by atoms with Crippen LogP contribution in [0.4, 0.5) is 10.1 Å². The number of rotatable bonds is 3. The number of allylic oxidation sites excluding steroid dienone is 1. The third kappa shape index (κ3) is 2.71. The second kappa shape index (κ2) is 5.85. The highest BCUT2D eigenvalue weighted by atomic mass is 35.5. The lowest BCUT2D eigenvalue weighted by Crippen LogP contribution is -2.07. The Bertz CT molecular complexity index is 861. The van der Waals surface area contributed by atoms with E-state index >= 15 is 0 Å². The van der Waals surface area contributed by atoms with Crippen LogP contribution in [0.1, 0.15) is 15.9 Å². The van der Waals surface area contributed by atoms with Crippen molar-refractivity contribution in [3.05, 3.63) is 64.4 Å². The summed E-state index contributed by atoms with van der Waals surface area (Å²) in [6.45, 7) is 0. The number of methoxy groups -OCH3 is 1. The number of amides is 1. The number of ether oxygens (including phenoxy) is 1. The Hall–Kier alpha value is -2.66. The lowest BCUT2D eigenvalue weighted by molar-refractivity contribution is -0.110. The molecule has 0 aromatic heterocycles. The summed E-state index contributed by atoms with van der Waals surface area (Å²) in [5, 5.41) is 3.02. The van der Waals surface area contributed by atoms with Crippen LogP contribution in [0.25, 0.3) is 5.57 Å². The van der Waals surface area contributed by atoms with Gasteiger partial charge in [-0.15, -0.1) is 0 Å². The van der Waals surface area contributed by atoms with Crippen LogP contribution in [0.3, 0.4) is 0 Å². The number of carbonyl (C=O) groups excluding carboxylic acids is 2. The number of para-hydroxylation sites is 1. The third-order valence-electron chi connectivity index (χ3n) is 3.49. The lowest BCUT2D eigenvalue weighted by atomic mass is 10.0. The predicted molar refractivity (Wildman–Crippen MR) is 85.3 cm³/mol. The first-order valence-corrected chi connectivity index (χ1v) is 7.09. The number of hydrogen-bond acceptors (Lipinski definition) is 3. The van der Waals surface area contributed by atoms with Crippen LogP contribution < -0.4 is 10.1 Å². The SMILES string of the molecule is COc1cc(F)ccc1C(=O)C=C1C(=O)Nc2c(Cl)cccc21. The van der Waals surface area contributed by atoms with Gasteiger partial charge in [0.15, 0.2) is 5.78 Å². The summed E-state index contributed by atoms with van der Waals surface area (Å²) in [6, 6.07) is 8.63. The van der Waals surface area contributed by atoms with E-state index in [0.29, 0.717) is 16.3 Å². The number of ketones is 1. The smallest absolute Gasteiger partial charge is 0.256 e. The van der Waals surface area contributed by atoms with Gasteiger partial charge in [-0.05, 0) is 24.3 Å². The summed E-state index contributed by atoms with van der Waals surface area (Å²) in [5.74, 6) is -1.28. The van der Waals surface area contributed by atoms with Gasteiger partial charge >= 0.3 is 0 Å². The van der Waals surface area contributed by atoms with Crippen LogP contribution in [-0.2, 0) is 4.79 Å². The Morgan fingerprint density at radius 1 is 1.30 bits per heavy atom. The van der Waals surface area contributed by atoms with Gasteiger partial charge in [-0.1, -0.05) is 23.7 Å². The number of fused-ring (bicyclic) bond motifs is 1. The zero-order valence-electron chi connectivity index (χ0n) is 12.0. The maximum Gasteiger partial charge on any atom is 0.256 e. The molecule has 6 heteroatoms. The van der Waals surface area contributed by atoms with Crippen molar-refractivity contribution in [3.8, 4) is 5.75 Å². The molecule has 1 heterocycles.